The molecule has 3 saturated heterocycles. The van der Waals surface area contributed by atoms with E-state index in [1.807, 2.05) is 5.32 Å². The second kappa shape index (κ2) is 6.93. The molecule has 2 bridgehead atoms. The van der Waals surface area contributed by atoms with Gasteiger partial charge in [-0.2, -0.15) is 0 Å². The summed E-state index contributed by atoms with van der Waals surface area (Å²) in [5.41, 5.74) is -7.34. The fraction of sp³-hybridized carbons (Fsp3) is 0.667. The molecule has 0 spiro atoms. The van der Waals surface area contributed by atoms with Crippen molar-refractivity contribution in [2.75, 3.05) is 19.8 Å². The number of aliphatic hydroxyl groups excluding tert-OH is 2. The maximum absolute atomic E-state index is 12.6. The first-order chi connectivity index (χ1) is 12.0. The monoisotopic (exact) mass is 374 g/mol. The third kappa shape index (κ3) is 3.19. The van der Waals surface area contributed by atoms with Gasteiger partial charge in [-0.1, -0.05) is 0 Å². The van der Waals surface area contributed by atoms with Crippen molar-refractivity contribution in [2.45, 2.75) is 43.4 Å². The molecule has 0 radical (unpaired) electrons. The Morgan fingerprint density at radius 1 is 1.42 bits per heavy atom. The normalized spacial score (nSPS) is 33.5. The molecule has 3 aliphatic rings. The van der Waals surface area contributed by atoms with Crippen LogP contribution in [0.4, 0.5) is 0 Å². The molecule has 3 fully saturated rings. The number of piperazine rings is 1. The number of carbonyl (C=O) groups is 3. The van der Waals surface area contributed by atoms with E-state index in [2.05, 4.69) is 5.32 Å². The van der Waals surface area contributed by atoms with Crippen LogP contribution in [0.15, 0.2) is 11.6 Å². The van der Waals surface area contributed by atoms with Crippen LogP contribution in [0.3, 0.4) is 0 Å². The van der Waals surface area contributed by atoms with Crippen molar-refractivity contribution in [3.8, 4) is 0 Å². The fourth-order valence-corrected chi connectivity index (χ4v) is 2.76. The third-order valence-electron chi connectivity index (χ3n) is 4.30. The van der Waals surface area contributed by atoms with Crippen molar-refractivity contribution in [1.29, 1.82) is 0 Å². The standard InChI is InChI=1S/C15H22N2O9/c1-3-25-9(19)6-8-4-5-26-15(10(20)13(2,23)7-18)12(22)16-14(8,24)11(21)17-15/h6,10,18,20,23-24H,3-5,7H2,1-2H3,(H,16,22)(H,17,21)/t10-,13-,14+,15-/m0/s1. The zero-order valence-corrected chi connectivity index (χ0v) is 14.3. The Morgan fingerprint density at radius 3 is 2.65 bits per heavy atom. The van der Waals surface area contributed by atoms with Gasteiger partial charge in [-0.3, -0.25) is 9.59 Å². The van der Waals surface area contributed by atoms with E-state index in [0.717, 1.165) is 13.0 Å². The predicted molar refractivity (Wildman–Crippen MR) is 83.0 cm³/mol. The van der Waals surface area contributed by atoms with E-state index >= 15 is 0 Å². The van der Waals surface area contributed by atoms with Crippen molar-refractivity contribution < 1.29 is 44.3 Å². The minimum absolute atomic E-state index is 0.0711. The van der Waals surface area contributed by atoms with E-state index in [1.54, 1.807) is 6.92 Å². The lowest BCUT2D eigenvalue weighted by Crippen LogP contribution is -2.82. The summed E-state index contributed by atoms with van der Waals surface area (Å²) in [4.78, 5) is 36.7. The Hall–Kier alpha value is -2.05. The SMILES string of the molecule is CCOC(=O)C=C1CCO[C@]2([C@@H](O)[C@@](C)(O)CO)NC(=O)[C@@]1(O)NC2=O. The quantitative estimate of drug-likeness (QED) is 0.212. The lowest BCUT2D eigenvalue weighted by molar-refractivity contribution is -0.230. The topological polar surface area (TPSA) is 175 Å². The average Bonchev–Trinajstić information content (AvgIpc) is 2.57. The molecule has 4 atom stereocenters. The van der Waals surface area contributed by atoms with Gasteiger partial charge < -0.3 is 40.5 Å². The summed E-state index contributed by atoms with van der Waals surface area (Å²) < 4.78 is 10.1. The number of fused-ring (bicyclic) bond motifs is 5. The largest absolute Gasteiger partial charge is 0.463 e. The highest BCUT2D eigenvalue weighted by atomic mass is 16.5. The minimum atomic E-state index is -2.55. The second-order valence-electron chi connectivity index (χ2n) is 6.29. The van der Waals surface area contributed by atoms with Gasteiger partial charge in [0.1, 0.15) is 11.7 Å². The zero-order chi connectivity index (χ0) is 19.8. The van der Waals surface area contributed by atoms with Gasteiger partial charge in [-0.15, -0.1) is 0 Å². The van der Waals surface area contributed by atoms with Gasteiger partial charge in [-0.05, 0) is 20.3 Å². The molecular weight excluding hydrogens is 352 g/mol. The number of ether oxygens (including phenoxy) is 2. The van der Waals surface area contributed by atoms with Crippen LogP contribution in [0.2, 0.25) is 0 Å². The average molecular weight is 374 g/mol. The summed E-state index contributed by atoms with van der Waals surface area (Å²) in [6, 6.07) is 0. The third-order valence-corrected chi connectivity index (χ3v) is 4.30. The fourth-order valence-electron chi connectivity index (χ4n) is 2.76. The minimum Gasteiger partial charge on any atom is -0.463 e. The van der Waals surface area contributed by atoms with E-state index in [1.165, 1.54) is 0 Å². The molecule has 2 amide bonds. The van der Waals surface area contributed by atoms with E-state index in [4.69, 9.17) is 9.47 Å². The number of amides is 2. The molecule has 146 valence electrons. The molecule has 3 heterocycles. The Morgan fingerprint density at radius 2 is 2.08 bits per heavy atom. The molecule has 11 nitrogen and oxygen atoms in total. The first-order valence-electron chi connectivity index (χ1n) is 7.94. The number of rotatable bonds is 5. The highest BCUT2D eigenvalue weighted by Gasteiger charge is 2.63. The molecule has 0 aliphatic carbocycles. The summed E-state index contributed by atoms with van der Waals surface area (Å²) in [5, 5.41) is 44.4. The molecule has 0 aromatic heterocycles. The molecule has 0 saturated carbocycles. The highest BCUT2D eigenvalue weighted by Crippen LogP contribution is 2.33. The van der Waals surface area contributed by atoms with Crippen LogP contribution in [0.1, 0.15) is 20.3 Å². The number of hydrogen-bond acceptors (Lipinski definition) is 9. The highest BCUT2D eigenvalue weighted by molar-refractivity contribution is 6.03. The summed E-state index contributed by atoms with van der Waals surface area (Å²) in [7, 11) is 0. The van der Waals surface area contributed by atoms with Crippen LogP contribution in [0.5, 0.6) is 0 Å². The number of esters is 1. The molecule has 3 rings (SSSR count). The van der Waals surface area contributed by atoms with Crippen LogP contribution in [0.25, 0.3) is 0 Å². The van der Waals surface area contributed by atoms with Gasteiger partial charge in [0.25, 0.3) is 17.5 Å². The Bertz CT molecular complexity index is 647. The van der Waals surface area contributed by atoms with Crippen LogP contribution in [0, 0.1) is 0 Å². The van der Waals surface area contributed by atoms with Gasteiger partial charge >= 0.3 is 5.97 Å². The van der Waals surface area contributed by atoms with E-state index in [0.29, 0.717) is 0 Å². The van der Waals surface area contributed by atoms with Gasteiger partial charge in [0, 0.05) is 11.6 Å². The van der Waals surface area contributed by atoms with Crippen LogP contribution in [-0.2, 0) is 23.9 Å². The Balaban J connectivity index is 2.43. The summed E-state index contributed by atoms with van der Waals surface area (Å²) in [5.74, 6) is -3.16. The Kier molecular flexibility index (Phi) is 5.40. The first kappa shape index (κ1) is 20.3. The molecule has 0 unspecified atom stereocenters. The molecule has 0 aromatic rings. The van der Waals surface area contributed by atoms with Gasteiger partial charge in [0.05, 0.1) is 19.8 Å². The number of aliphatic hydroxyl groups is 4. The van der Waals surface area contributed by atoms with Crippen LogP contribution < -0.4 is 10.6 Å². The van der Waals surface area contributed by atoms with Crippen molar-refractivity contribution in [3.63, 3.8) is 0 Å². The van der Waals surface area contributed by atoms with Gasteiger partial charge in [0.15, 0.2) is 0 Å². The number of nitrogens with one attached hydrogen (secondary N) is 2. The van der Waals surface area contributed by atoms with Crippen molar-refractivity contribution in [2.24, 2.45) is 0 Å². The maximum Gasteiger partial charge on any atom is 0.330 e. The lowest BCUT2D eigenvalue weighted by Gasteiger charge is -2.49. The number of carbonyl (C=O) groups excluding carboxylic acids is 3. The summed E-state index contributed by atoms with van der Waals surface area (Å²) in [6.45, 7) is 1.47. The Labute approximate surface area is 148 Å². The first-order valence-corrected chi connectivity index (χ1v) is 7.94. The van der Waals surface area contributed by atoms with Crippen LogP contribution >= 0.6 is 0 Å². The smallest absolute Gasteiger partial charge is 0.330 e. The van der Waals surface area contributed by atoms with Crippen molar-refractivity contribution >= 4 is 17.8 Å². The molecular formula is C15H22N2O9. The molecule has 0 aromatic carbocycles. The lowest BCUT2D eigenvalue weighted by atomic mass is 9.84. The zero-order valence-electron chi connectivity index (χ0n) is 14.3. The van der Waals surface area contributed by atoms with Crippen molar-refractivity contribution in [3.05, 3.63) is 11.6 Å². The van der Waals surface area contributed by atoms with Crippen molar-refractivity contribution in [1.82, 2.24) is 10.6 Å². The van der Waals surface area contributed by atoms with Gasteiger partial charge in [0.2, 0.25) is 5.72 Å². The molecule has 11 heteroatoms. The summed E-state index contributed by atoms with van der Waals surface area (Å²) >= 11 is 0. The molecule has 26 heavy (non-hydrogen) atoms. The van der Waals surface area contributed by atoms with Crippen LogP contribution in [-0.4, -0.2) is 81.2 Å². The number of hydrogen-bond donors (Lipinski definition) is 6. The molecule has 3 aliphatic heterocycles. The van der Waals surface area contributed by atoms with E-state index in [-0.39, 0.29) is 25.2 Å². The van der Waals surface area contributed by atoms with Gasteiger partial charge in [-0.25, -0.2) is 4.79 Å². The molecule has 6 N–H and O–H groups in total. The summed E-state index contributed by atoms with van der Waals surface area (Å²) in [6.07, 6.45) is -1.33. The van der Waals surface area contributed by atoms with E-state index in [9.17, 15) is 34.8 Å². The van der Waals surface area contributed by atoms with E-state index < -0.39 is 47.5 Å². The second-order valence-corrected chi connectivity index (χ2v) is 6.29. The predicted octanol–water partition coefficient (Wildman–Crippen LogP) is -3.37. The maximum atomic E-state index is 12.6.